The fourth-order valence-corrected chi connectivity index (χ4v) is 5.21. The van der Waals surface area contributed by atoms with Crippen LogP contribution in [0.5, 0.6) is 0 Å². The van der Waals surface area contributed by atoms with Gasteiger partial charge in [-0.15, -0.1) is 0 Å². The Morgan fingerprint density at radius 3 is 0.926 bits per heavy atom. The summed E-state index contributed by atoms with van der Waals surface area (Å²) >= 11 is 0. The van der Waals surface area contributed by atoms with Gasteiger partial charge in [-0.3, -0.25) is 44.4 Å². The van der Waals surface area contributed by atoms with Crippen molar-refractivity contribution in [1.29, 1.82) is 0 Å². The molecule has 0 aromatic heterocycles. The van der Waals surface area contributed by atoms with E-state index >= 15 is 0 Å². The zero-order valence-electron chi connectivity index (χ0n) is 31.5. The van der Waals surface area contributed by atoms with Gasteiger partial charge in [-0.2, -0.15) is 0 Å². The van der Waals surface area contributed by atoms with Crippen molar-refractivity contribution in [1.82, 2.24) is 31.1 Å². The van der Waals surface area contributed by atoms with E-state index in [1.807, 2.05) is 0 Å². The highest BCUT2D eigenvalue weighted by molar-refractivity contribution is 5.85. The third-order valence-corrected chi connectivity index (χ3v) is 7.78. The number of hydrogen-bond donors (Lipinski definition) is 6. The monoisotopic (exact) mass is 774 g/mol. The van der Waals surface area contributed by atoms with Crippen molar-refractivity contribution >= 4 is 53.4 Å². The third kappa shape index (κ3) is 18.7. The predicted octanol–water partition coefficient (Wildman–Crippen LogP) is -0.526. The Hall–Kier alpha value is -4.89. The molecule has 1 saturated heterocycles. The van der Waals surface area contributed by atoms with Gasteiger partial charge >= 0.3 is 17.9 Å². The Bertz CT molecular complexity index is 1190. The maximum Gasteiger partial charge on any atom is 0.328 e. The molecule has 0 aromatic rings. The number of hydroxylamine groups is 6. The Morgan fingerprint density at radius 2 is 0.722 bits per heavy atom. The van der Waals surface area contributed by atoms with Crippen LogP contribution in [-0.4, -0.2) is 140 Å². The zero-order chi connectivity index (χ0) is 41.1. The summed E-state index contributed by atoms with van der Waals surface area (Å²) in [5.74, 6) is -7.02. The van der Waals surface area contributed by atoms with Gasteiger partial charge in [-0.05, 0) is 59.3 Å². The van der Waals surface area contributed by atoms with Crippen molar-refractivity contribution in [2.45, 2.75) is 136 Å². The summed E-state index contributed by atoms with van der Waals surface area (Å²) in [7, 11) is 0. The molecule has 1 rings (SSSR count). The first kappa shape index (κ1) is 47.1. The van der Waals surface area contributed by atoms with Gasteiger partial charge in [0.25, 0.3) is 0 Å². The molecule has 6 atom stereocenters. The van der Waals surface area contributed by atoms with E-state index in [-0.39, 0.29) is 58.2 Å². The second-order valence-electron chi connectivity index (χ2n) is 13.1. The highest BCUT2D eigenvalue weighted by Crippen LogP contribution is 2.13. The normalized spacial score (nSPS) is 26.5. The second kappa shape index (κ2) is 23.7. The van der Waals surface area contributed by atoms with Gasteiger partial charge in [-0.1, -0.05) is 0 Å². The molecule has 21 heteroatoms. The Kier molecular flexibility index (Phi) is 20.7. The molecule has 1 fully saturated rings. The van der Waals surface area contributed by atoms with Crippen molar-refractivity contribution in [2.24, 2.45) is 0 Å². The molecule has 0 saturated carbocycles. The Labute approximate surface area is 312 Å². The number of amides is 6. The molecule has 0 bridgehead atoms. The molecule has 1 unspecified atom stereocenters. The molecule has 6 amide bonds. The minimum absolute atomic E-state index is 0.00486. The van der Waals surface area contributed by atoms with E-state index in [9.17, 15) is 58.8 Å². The first-order valence-electron chi connectivity index (χ1n) is 17.6. The molecule has 1 aliphatic rings. The van der Waals surface area contributed by atoms with Gasteiger partial charge in [0.15, 0.2) is 0 Å². The summed E-state index contributed by atoms with van der Waals surface area (Å²) in [6.07, 6.45) is -4.89. The molecule has 306 valence electrons. The highest BCUT2D eigenvalue weighted by atomic mass is 16.6. The number of nitrogens with zero attached hydrogens (tertiary/aromatic N) is 3. The maximum absolute atomic E-state index is 12.9. The number of nitrogens with one attached hydrogen (secondary N) is 3. The van der Waals surface area contributed by atoms with Crippen LogP contribution >= 0.6 is 0 Å². The minimum atomic E-state index is -1.22. The number of carbonyl (C=O) groups is 9. The average molecular weight is 775 g/mol. The van der Waals surface area contributed by atoms with E-state index in [1.165, 1.54) is 20.8 Å². The van der Waals surface area contributed by atoms with E-state index in [0.29, 0.717) is 15.2 Å². The van der Waals surface area contributed by atoms with Crippen LogP contribution in [0.25, 0.3) is 0 Å². The first-order valence-corrected chi connectivity index (χ1v) is 17.6. The minimum Gasteiger partial charge on any atom is -0.461 e. The van der Waals surface area contributed by atoms with Crippen LogP contribution in [0, 0.1) is 0 Å². The first-order chi connectivity index (χ1) is 25.2. The molecule has 0 aromatic carbocycles. The van der Waals surface area contributed by atoms with Crippen molar-refractivity contribution in [3.05, 3.63) is 0 Å². The average Bonchev–Trinajstić information content (AvgIpc) is 3.05. The smallest absolute Gasteiger partial charge is 0.328 e. The van der Waals surface area contributed by atoms with Crippen LogP contribution in [0.2, 0.25) is 0 Å². The molecular formula is C33H54N6O15. The fourth-order valence-electron chi connectivity index (χ4n) is 5.21. The predicted molar refractivity (Wildman–Crippen MR) is 182 cm³/mol. The van der Waals surface area contributed by atoms with Crippen LogP contribution in [-0.2, 0) is 57.4 Å². The molecule has 0 radical (unpaired) electrons. The highest BCUT2D eigenvalue weighted by Gasteiger charge is 2.29. The lowest BCUT2D eigenvalue weighted by atomic mass is 10.1. The van der Waals surface area contributed by atoms with Crippen LogP contribution in [0.15, 0.2) is 0 Å². The molecule has 0 spiro atoms. The standard InChI is InChI=1S/C33H54N6O15/c1-19-16-28(43)37(49)13-8-11-26(35-23(5)41)32(47)53-21(3)18-30(45)39(51)15-9-12-27(36-24(6)42)33(48)54-20(2)17-29(44)38(50)14-7-10-25(31(46)52-19)34-22(4)40/h19-21,25-27,49-51H,7-18H2,1-6H3,(H,34,40)(H,35,41)(H,36,42)/t19-,20-,21-,25-,26-,27?/m1/s1. The largest absolute Gasteiger partial charge is 0.461 e. The molecule has 6 N–H and O–H groups in total. The molecule has 0 aliphatic carbocycles. The zero-order valence-corrected chi connectivity index (χ0v) is 31.5. The fraction of sp³-hybridized carbons (Fsp3) is 0.727. The molecular weight excluding hydrogens is 720 g/mol. The van der Waals surface area contributed by atoms with Crippen LogP contribution < -0.4 is 16.0 Å². The van der Waals surface area contributed by atoms with Gasteiger partial charge in [0.2, 0.25) is 35.4 Å². The summed E-state index contributed by atoms with van der Waals surface area (Å²) in [6.45, 7) is 6.73. The Morgan fingerprint density at radius 1 is 0.500 bits per heavy atom. The van der Waals surface area contributed by atoms with Gasteiger partial charge < -0.3 is 30.2 Å². The van der Waals surface area contributed by atoms with E-state index in [2.05, 4.69) is 16.0 Å². The number of hydrogen-bond acceptors (Lipinski definition) is 15. The second-order valence-corrected chi connectivity index (χ2v) is 13.1. The SMILES string of the molecule is CC(=O)NC1CCCN(O)C(=O)C[C@@H](C)OC(=O)[C@H](NC(C)=O)CCCN(O)C(=O)C[C@@H](C)OC(=O)[C@H](NC(C)=O)CCCN(O)C(=O)C[C@@H](C)OC1=O. The number of cyclic esters (lactones) is 3. The van der Waals surface area contributed by atoms with Gasteiger partial charge in [0.1, 0.15) is 36.4 Å². The van der Waals surface area contributed by atoms with Crippen molar-refractivity contribution in [3.8, 4) is 0 Å². The lowest BCUT2D eigenvalue weighted by molar-refractivity contribution is -0.170. The summed E-state index contributed by atoms with van der Waals surface area (Å²) < 4.78 is 15.9. The van der Waals surface area contributed by atoms with Crippen molar-refractivity contribution in [2.75, 3.05) is 19.6 Å². The quantitative estimate of drug-likeness (QED) is 0.119. The summed E-state index contributed by atoms with van der Waals surface area (Å²) in [6, 6.07) is -3.66. The number of rotatable bonds is 3. The summed E-state index contributed by atoms with van der Waals surface area (Å²) in [5, 5.41) is 39.2. The van der Waals surface area contributed by atoms with Crippen LogP contribution in [0.3, 0.4) is 0 Å². The van der Waals surface area contributed by atoms with Gasteiger partial charge in [0, 0.05) is 40.4 Å². The Balaban J connectivity index is 3.18. The molecule has 1 heterocycles. The van der Waals surface area contributed by atoms with Crippen molar-refractivity contribution < 1.29 is 73.0 Å². The molecule has 1 aliphatic heterocycles. The van der Waals surface area contributed by atoms with Crippen LogP contribution in [0.4, 0.5) is 0 Å². The van der Waals surface area contributed by atoms with Crippen LogP contribution in [0.1, 0.15) is 99.3 Å². The van der Waals surface area contributed by atoms with E-state index in [0.717, 1.165) is 20.8 Å². The number of carbonyl (C=O) groups excluding carboxylic acids is 9. The van der Waals surface area contributed by atoms with E-state index in [4.69, 9.17) is 14.2 Å². The van der Waals surface area contributed by atoms with Gasteiger partial charge in [0.05, 0.1) is 19.3 Å². The lowest BCUT2D eigenvalue weighted by Gasteiger charge is -2.24. The lowest BCUT2D eigenvalue weighted by Crippen LogP contribution is -2.44. The number of esters is 3. The van der Waals surface area contributed by atoms with E-state index in [1.54, 1.807) is 0 Å². The van der Waals surface area contributed by atoms with Gasteiger partial charge in [-0.25, -0.2) is 29.6 Å². The maximum atomic E-state index is 12.9. The molecule has 54 heavy (non-hydrogen) atoms. The third-order valence-electron chi connectivity index (χ3n) is 7.78. The van der Waals surface area contributed by atoms with E-state index < -0.39 is 109 Å². The summed E-state index contributed by atoms with van der Waals surface area (Å²) in [5.41, 5.74) is 0. The molecule has 21 nitrogen and oxygen atoms in total. The number of ether oxygens (including phenoxy) is 3. The van der Waals surface area contributed by atoms with Crippen molar-refractivity contribution in [3.63, 3.8) is 0 Å². The summed E-state index contributed by atoms with van der Waals surface area (Å²) in [4.78, 5) is 112. The topological polar surface area (TPSA) is 288 Å².